The van der Waals surface area contributed by atoms with Crippen molar-refractivity contribution in [3.63, 3.8) is 0 Å². The average molecular weight is 254 g/mol. The highest BCUT2D eigenvalue weighted by atomic mass is 16.4. The predicted molar refractivity (Wildman–Crippen MR) is 65.8 cm³/mol. The van der Waals surface area contributed by atoms with E-state index in [-0.39, 0.29) is 23.7 Å². The van der Waals surface area contributed by atoms with E-state index < -0.39 is 23.3 Å². The SMILES string of the molecule is Cc1cc(O)c(C(=O)CC(O)CC(C)C)c(=O)o1. The van der Waals surface area contributed by atoms with Crippen LogP contribution in [0.5, 0.6) is 5.75 Å². The Kier molecular flexibility index (Phi) is 4.67. The summed E-state index contributed by atoms with van der Waals surface area (Å²) in [4.78, 5) is 23.3. The van der Waals surface area contributed by atoms with E-state index in [1.807, 2.05) is 13.8 Å². The van der Waals surface area contributed by atoms with Crippen LogP contribution in [0.25, 0.3) is 0 Å². The van der Waals surface area contributed by atoms with Gasteiger partial charge in [0.25, 0.3) is 0 Å². The predicted octanol–water partition coefficient (Wildman–Crippen LogP) is 1.63. The summed E-state index contributed by atoms with van der Waals surface area (Å²) >= 11 is 0. The summed E-state index contributed by atoms with van der Waals surface area (Å²) in [5.74, 6) is -0.521. The maximum atomic E-state index is 11.8. The number of Topliss-reactive ketones (excluding diaryl/α,β-unsaturated/α-hetero) is 1. The normalized spacial score (nSPS) is 12.7. The first-order valence-corrected chi connectivity index (χ1v) is 5.86. The van der Waals surface area contributed by atoms with Gasteiger partial charge in [0, 0.05) is 12.5 Å². The van der Waals surface area contributed by atoms with Gasteiger partial charge >= 0.3 is 5.63 Å². The molecule has 0 fully saturated rings. The van der Waals surface area contributed by atoms with Crippen LogP contribution in [-0.2, 0) is 0 Å². The number of carbonyl (C=O) groups excluding carboxylic acids is 1. The summed E-state index contributed by atoms with van der Waals surface area (Å²) < 4.78 is 4.75. The van der Waals surface area contributed by atoms with Crippen LogP contribution in [0.3, 0.4) is 0 Å². The number of hydrogen-bond donors (Lipinski definition) is 2. The molecule has 1 aromatic rings. The Balaban J connectivity index is 2.89. The van der Waals surface area contributed by atoms with E-state index in [0.717, 1.165) is 0 Å². The lowest BCUT2D eigenvalue weighted by atomic mass is 9.99. The minimum Gasteiger partial charge on any atom is -0.507 e. The summed E-state index contributed by atoms with van der Waals surface area (Å²) in [5.41, 5.74) is -1.25. The van der Waals surface area contributed by atoms with E-state index in [1.54, 1.807) is 0 Å². The third-order valence-electron chi connectivity index (χ3n) is 2.50. The molecule has 0 aliphatic carbocycles. The van der Waals surface area contributed by atoms with Gasteiger partial charge in [-0.05, 0) is 19.3 Å². The highest BCUT2D eigenvalue weighted by Gasteiger charge is 2.21. The molecule has 0 aliphatic heterocycles. The molecule has 1 unspecified atom stereocenters. The van der Waals surface area contributed by atoms with Crippen LogP contribution in [0.2, 0.25) is 0 Å². The van der Waals surface area contributed by atoms with Crippen molar-refractivity contribution in [1.82, 2.24) is 0 Å². The monoisotopic (exact) mass is 254 g/mol. The summed E-state index contributed by atoms with van der Waals surface area (Å²) in [5, 5.41) is 19.2. The number of aryl methyl sites for hydroxylation is 1. The fourth-order valence-electron chi connectivity index (χ4n) is 1.80. The average Bonchev–Trinajstić information content (AvgIpc) is 2.12. The first-order valence-electron chi connectivity index (χ1n) is 5.86. The number of carbonyl (C=O) groups is 1. The molecule has 1 heterocycles. The maximum Gasteiger partial charge on any atom is 0.350 e. The molecule has 0 saturated carbocycles. The van der Waals surface area contributed by atoms with Gasteiger partial charge in [-0.25, -0.2) is 4.79 Å². The van der Waals surface area contributed by atoms with E-state index in [9.17, 15) is 19.8 Å². The van der Waals surface area contributed by atoms with E-state index >= 15 is 0 Å². The Labute approximate surface area is 105 Å². The number of aliphatic hydroxyl groups excluding tert-OH is 1. The largest absolute Gasteiger partial charge is 0.507 e. The minimum atomic E-state index is -0.866. The summed E-state index contributed by atoms with van der Waals surface area (Å²) in [6.45, 7) is 5.35. The van der Waals surface area contributed by atoms with Crippen molar-refractivity contribution in [2.45, 2.75) is 39.7 Å². The van der Waals surface area contributed by atoms with Gasteiger partial charge in [-0.15, -0.1) is 0 Å². The van der Waals surface area contributed by atoms with Gasteiger partial charge in [-0.3, -0.25) is 4.79 Å². The molecule has 0 bridgehead atoms. The van der Waals surface area contributed by atoms with Gasteiger partial charge in [0.2, 0.25) is 0 Å². The van der Waals surface area contributed by atoms with Crippen LogP contribution in [0.15, 0.2) is 15.3 Å². The second-order valence-corrected chi connectivity index (χ2v) is 4.82. The van der Waals surface area contributed by atoms with Crippen molar-refractivity contribution < 1.29 is 19.4 Å². The quantitative estimate of drug-likeness (QED) is 0.780. The van der Waals surface area contributed by atoms with Crippen LogP contribution in [0.1, 0.15) is 42.8 Å². The van der Waals surface area contributed by atoms with Crippen LogP contribution in [0, 0.1) is 12.8 Å². The van der Waals surface area contributed by atoms with Crippen molar-refractivity contribution in [1.29, 1.82) is 0 Å². The third kappa shape index (κ3) is 3.70. The topological polar surface area (TPSA) is 87.7 Å². The minimum absolute atomic E-state index is 0.195. The van der Waals surface area contributed by atoms with Crippen molar-refractivity contribution in [2.75, 3.05) is 0 Å². The number of hydrogen-bond acceptors (Lipinski definition) is 5. The second kappa shape index (κ2) is 5.82. The molecule has 0 aliphatic rings. The summed E-state index contributed by atoms with van der Waals surface area (Å²) in [6, 6.07) is 1.21. The van der Waals surface area contributed by atoms with Gasteiger partial charge in [-0.1, -0.05) is 13.8 Å². The number of aromatic hydroxyl groups is 1. The Morgan fingerprint density at radius 1 is 1.44 bits per heavy atom. The van der Waals surface area contributed by atoms with Crippen molar-refractivity contribution >= 4 is 5.78 Å². The molecule has 18 heavy (non-hydrogen) atoms. The Morgan fingerprint density at radius 3 is 2.56 bits per heavy atom. The molecule has 5 heteroatoms. The first kappa shape index (κ1) is 14.4. The number of aliphatic hydroxyl groups is 1. The van der Waals surface area contributed by atoms with E-state index in [0.29, 0.717) is 6.42 Å². The lowest BCUT2D eigenvalue weighted by Gasteiger charge is -2.12. The molecular weight excluding hydrogens is 236 g/mol. The smallest absolute Gasteiger partial charge is 0.350 e. The zero-order chi connectivity index (χ0) is 13.9. The van der Waals surface area contributed by atoms with Gasteiger partial charge in [0.15, 0.2) is 5.78 Å². The Hall–Kier alpha value is -1.62. The maximum absolute atomic E-state index is 11.8. The molecular formula is C13H18O5. The van der Waals surface area contributed by atoms with Crippen molar-refractivity contribution in [3.8, 4) is 5.75 Å². The Bertz CT molecular complexity index is 487. The molecule has 0 amide bonds. The van der Waals surface area contributed by atoms with Crippen LogP contribution < -0.4 is 5.63 Å². The van der Waals surface area contributed by atoms with Gasteiger partial charge in [0.05, 0.1) is 6.10 Å². The van der Waals surface area contributed by atoms with Gasteiger partial charge < -0.3 is 14.6 Å². The molecule has 0 aromatic carbocycles. The Morgan fingerprint density at radius 2 is 2.06 bits per heavy atom. The van der Waals surface area contributed by atoms with Crippen molar-refractivity contribution in [2.24, 2.45) is 5.92 Å². The van der Waals surface area contributed by atoms with Gasteiger partial charge in [0.1, 0.15) is 17.1 Å². The fraction of sp³-hybridized carbons (Fsp3) is 0.538. The molecule has 0 spiro atoms. The molecule has 1 rings (SSSR count). The second-order valence-electron chi connectivity index (χ2n) is 4.82. The molecule has 0 radical (unpaired) electrons. The molecule has 1 atom stereocenters. The molecule has 1 aromatic heterocycles. The van der Waals surface area contributed by atoms with Crippen LogP contribution in [0.4, 0.5) is 0 Å². The zero-order valence-electron chi connectivity index (χ0n) is 10.8. The lowest BCUT2D eigenvalue weighted by Crippen LogP contribution is -2.21. The third-order valence-corrected chi connectivity index (χ3v) is 2.50. The molecule has 100 valence electrons. The standard InChI is InChI=1S/C13H18O5/c1-7(2)4-9(14)6-11(16)12-10(15)5-8(3)18-13(12)17/h5,7,9,14-15H,4,6H2,1-3H3. The lowest BCUT2D eigenvalue weighted by molar-refractivity contribution is 0.0841. The number of ketones is 1. The first-order chi connectivity index (χ1) is 8.31. The highest BCUT2D eigenvalue weighted by Crippen LogP contribution is 2.18. The summed E-state index contributed by atoms with van der Waals surface area (Å²) in [7, 11) is 0. The van der Waals surface area contributed by atoms with E-state index in [2.05, 4.69) is 0 Å². The summed E-state index contributed by atoms with van der Waals surface area (Å²) in [6.07, 6.45) is -0.555. The van der Waals surface area contributed by atoms with Crippen LogP contribution in [-0.4, -0.2) is 22.1 Å². The number of rotatable bonds is 5. The fourth-order valence-corrected chi connectivity index (χ4v) is 1.80. The van der Waals surface area contributed by atoms with E-state index in [4.69, 9.17) is 4.42 Å². The van der Waals surface area contributed by atoms with Crippen LogP contribution >= 0.6 is 0 Å². The molecule has 2 N–H and O–H groups in total. The van der Waals surface area contributed by atoms with E-state index in [1.165, 1.54) is 13.0 Å². The van der Waals surface area contributed by atoms with Crippen molar-refractivity contribution in [3.05, 3.63) is 27.8 Å². The van der Waals surface area contributed by atoms with Gasteiger partial charge in [-0.2, -0.15) is 0 Å². The zero-order valence-corrected chi connectivity index (χ0v) is 10.8. The molecule has 0 saturated heterocycles. The highest BCUT2D eigenvalue weighted by molar-refractivity contribution is 5.98. The molecule has 5 nitrogen and oxygen atoms in total.